The first kappa shape index (κ1) is 21.9. The molecule has 1 aromatic heterocycles. The third-order valence-corrected chi connectivity index (χ3v) is 5.13. The molecule has 4 rings (SSSR count). The molecule has 7 nitrogen and oxygen atoms in total. The van der Waals surface area contributed by atoms with E-state index in [1.165, 1.54) is 18.2 Å². The molecule has 9 heteroatoms. The normalized spacial score (nSPS) is 18.6. The van der Waals surface area contributed by atoms with Crippen molar-refractivity contribution >= 4 is 17.3 Å². The number of morpholine rings is 1. The molecule has 32 heavy (non-hydrogen) atoms. The van der Waals surface area contributed by atoms with Gasteiger partial charge in [0.15, 0.2) is 0 Å². The van der Waals surface area contributed by atoms with E-state index in [1.54, 1.807) is 24.3 Å². The lowest BCUT2D eigenvalue weighted by Gasteiger charge is -2.37. The lowest BCUT2D eigenvalue weighted by molar-refractivity contribution is -0.116. The number of halogens is 2. The van der Waals surface area contributed by atoms with Crippen LogP contribution in [0.4, 0.5) is 20.2 Å². The van der Waals surface area contributed by atoms with Crippen LogP contribution in [0.5, 0.6) is 0 Å². The van der Waals surface area contributed by atoms with Crippen LogP contribution in [0.15, 0.2) is 47.0 Å². The summed E-state index contributed by atoms with van der Waals surface area (Å²) in [6.07, 6.45) is 0.355. The first-order valence-electron chi connectivity index (χ1n) is 10.5. The maximum atomic E-state index is 14.7. The molecule has 1 fully saturated rings. The van der Waals surface area contributed by atoms with Crippen molar-refractivity contribution in [2.45, 2.75) is 38.9 Å². The third kappa shape index (κ3) is 5.28. The molecule has 1 aliphatic heterocycles. The molecule has 168 valence electrons. The fraction of sp³-hybridized carbons (Fsp3) is 0.348. The lowest BCUT2D eigenvalue weighted by Crippen LogP contribution is -2.45. The average molecular weight is 442 g/mol. The summed E-state index contributed by atoms with van der Waals surface area (Å²) < 4.78 is 38.6. The fourth-order valence-corrected chi connectivity index (χ4v) is 3.73. The quantitative estimate of drug-likeness (QED) is 0.616. The topological polar surface area (TPSA) is 80.5 Å². The van der Waals surface area contributed by atoms with Gasteiger partial charge in [-0.25, -0.2) is 8.78 Å². The van der Waals surface area contributed by atoms with Gasteiger partial charge in [-0.2, -0.15) is 4.98 Å². The first-order valence-corrected chi connectivity index (χ1v) is 10.5. The molecule has 2 atom stereocenters. The number of carbonyl (C=O) groups excluding carboxylic acids is 1. The van der Waals surface area contributed by atoms with Crippen molar-refractivity contribution in [3.8, 4) is 11.4 Å². The van der Waals surface area contributed by atoms with E-state index < -0.39 is 5.82 Å². The Bertz CT molecular complexity index is 1080. The number of rotatable bonds is 6. The molecule has 1 aliphatic rings. The Kier molecular flexibility index (Phi) is 6.45. The van der Waals surface area contributed by atoms with Crippen LogP contribution in [0.3, 0.4) is 0 Å². The molecule has 1 N–H and O–H groups in total. The smallest absolute Gasteiger partial charge is 0.227 e. The van der Waals surface area contributed by atoms with E-state index in [9.17, 15) is 13.6 Å². The van der Waals surface area contributed by atoms with Gasteiger partial charge in [0.2, 0.25) is 17.6 Å². The molecule has 0 bridgehead atoms. The molecule has 1 amide bonds. The largest absolute Gasteiger partial charge is 0.372 e. The van der Waals surface area contributed by atoms with Crippen LogP contribution in [0.2, 0.25) is 0 Å². The molecule has 2 aromatic carbocycles. The Morgan fingerprint density at radius 3 is 2.53 bits per heavy atom. The molecule has 2 heterocycles. The van der Waals surface area contributed by atoms with Gasteiger partial charge in [-0.15, -0.1) is 0 Å². The minimum atomic E-state index is -0.398. The Labute approximate surface area is 184 Å². The summed E-state index contributed by atoms with van der Waals surface area (Å²) in [5, 5.41) is 6.54. The second-order valence-corrected chi connectivity index (χ2v) is 7.90. The van der Waals surface area contributed by atoms with Crippen LogP contribution in [0, 0.1) is 11.6 Å². The van der Waals surface area contributed by atoms with Crippen LogP contribution in [-0.4, -0.2) is 41.3 Å². The minimum absolute atomic E-state index is 0.0193. The highest BCUT2D eigenvalue weighted by atomic mass is 19.1. The average Bonchev–Trinajstić information content (AvgIpc) is 3.21. The summed E-state index contributed by atoms with van der Waals surface area (Å²) in [7, 11) is 0. The molecule has 0 aliphatic carbocycles. The number of aromatic nitrogens is 2. The standard InChI is InChI=1S/C23H24F2N4O3/c1-14-12-29(13-15(2)31-14)20-8-7-18(11-19(20)25)26-21(30)9-10-22-27-23(28-32-22)16-3-5-17(24)6-4-16/h3-8,11,14-15H,9-10,12-13H2,1-2H3,(H,26,30). The molecule has 0 radical (unpaired) electrons. The van der Waals surface area contributed by atoms with Gasteiger partial charge in [0, 0.05) is 37.2 Å². The summed E-state index contributed by atoms with van der Waals surface area (Å²) in [5.74, 6) is -0.439. The SMILES string of the molecule is CC1CN(c2ccc(NC(=O)CCc3nc(-c4ccc(F)cc4)no3)cc2F)CC(C)O1. The summed E-state index contributed by atoms with van der Waals surface area (Å²) in [6.45, 7) is 5.14. The van der Waals surface area contributed by atoms with Gasteiger partial charge >= 0.3 is 0 Å². The molecular formula is C23H24F2N4O3. The van der Waals surface area contributed by atoms with Crippen molar-refractivity contribution in [3.05, 3.63) is 60.0 Å². The zero-order valence-corrected chi connectivity index (χ0v) is 17.8. The van der Waals surface area contributed by atoms with Crippen LogP contribution in [0.25, 0.3) is 11.4 Å². The van der Waals surface area contributed by atoms with Crippen molar-refractivity contribution in [1.29, 1.82) is 0 Å². The van der Waals surface area contributed by atoms with Crippen molar-refractivity contribution < 1.29 is 22.8 Å². The highest BCUT2D eigenvalue weighted by Crippen LogP contribution is 2.26. The second-order valence-electron chi connectivity index (χ2n) is 7.90. The van der Waals surface area contributed by atoms with Crippen LogP contribution in [-0.2, 0) is 16.0 Å². The highest BCUT2D eigenvalue weighted by molar-refractivity contribution is 5.91. The predicted octanol–water partition coefficient (Wildman–Crippen LogP) is 4.20. The minimum Gasteiger partial charge on any atom is -0.372 e. The van der Waals surface area contributed by atoms with E-state index in [2.05, 4.69) is 15.5 Å². The molecule has 0 saturated carbocycles. The molecule has 0 spiro atoms. The first-order chi connectivity index (χ1) is 15.4. The molecule has 1 saturated heterocycles. The van der Waals surface area contributed by atoms with E-state index in [0.717, 1.165) is 0 Å². The number of amides is 1. The Morgan fingerprint density at radius 2 is 1.84 bits per heavy atom. The number of anilines is 2. The number of benzene rings is 2. The predicted molar refractivity (Wildman–Crippen MR) is 115 cm³/mol. The monoisotopic (exact) mass is 442 g/mol. The Balaban J connectivity index is 1.32. The van der Waals surface area contributed by atoms with E-state index in [1.807, 2.05) is 18.7 Å². The van der Waals surface area contributed by atoms with Crippen LogP contribution >= 0.6 is 0 Å². The number of ether oxygens (including phenoxy) is 1. The van der Waals surface area contributed by atoms with Crippen molar-refractivity contribution in [3.63, 3.8) is 0 Å². The van der Waals surface area contributed by atoms with E-state index in [-0.39, 0.29) is 42.7 Å². The Morgan fingerprint density at radius 1 is 1.12 bits per heavy atom. The van der Waals surface area contributed by atoms with Gasteiger partial charge in [0.1, 0.15) is 11.6 Å². The van der Waals surface area contributed by atoms with Crippen molar-refractivity contribution in [1.82, 2.24) is 10.1 Å². The summed E-state index contributed by atoms with van der Waals surface area (Å²) in [6, 6.07) is 10.4. The number of carbonyl (C=O) groups is 1. The van der Waals surface area contributed by atoms with Crippen LogP contribution < -0.4 is 10.2 Å². The zero-order valence-electron chi connectivity index (χ0n) is 17.8. The number of nitrogens with one attached hydrogen (secondary N) is 1. The summed E-state index contributed by atoms with van der Waals surface area (Å²) in [5.41, 5.74) is 1.48. The van der Waals surface area contributed by atoms with Gasteiger partial charge in [-0.05, 0) is 56.3 Å². The maximum absolute atomic E-state index is 14.7. The number of aryl methyl sites for hydroxylation is 1. The highest BCUT2D eigenvalue weighted by Gasteiger charge is 2.24. The van der Waals surface area contributed by atoms with Gasteiger partial charge < -0.3 is 19.5 Å². The molecular weight excluding hydrogens is 418 g/mol. The fourth-order valence-electron chi connectivity index (χ4n) is 3.73. The van der Waals surface area contributed by atoms with Crippen molar-refractivity contribution in [2.75, 3.05) is 23.3 Å². The lowest BCUT2D eigenvalue weighted by atomic mass is 10.1. The maximum Gasteiger partial charge on any atom is 0.227 e. The van der Waals surface area contributed by atoms with E-state index in [4.69, 9.17) is 9.26 Å². The van der Waals surface area contributed by atoms with Crippen LogP contribution in [0.1, 0.15) is 26.2 Å². The van der Waals surface area contributed by atoms with Gasteiger partial charge in [-0.1, -0.05) is 5.16 Å². The zero-order chi connectivity index (χ0) is 22.7. The number of hydrogen-bond acceptors (Lipinski definition) is 6. The molecule has 2 unspecified atom stereocenters. The molecule has 3 aromatic rings. The third-order valence-electron chi connectivity index (χ3n) is 5.13. The van der Waals surface area contributed by atoms with E-state index >= 15 is 0 Å². The second kappa shape index (κ2) is 9.44. The number of hydrogen-bond donors (Lipinski definition) is 1. The van der Waals surface area contributed by atoms with Gasteiger partial charge in [0.05, 0.1) is 17.9 Å². The summed E-state index contributed by atoms with van der Waals surface area (Å²) in [4.78, 5) is 18.5. The Hall–Kier alpha value is -3.33. The van der Waals surface area contributed by atoms with Gasteiger partial charge in [-0.3, -0.25) is 4.79 Å². The number of nitrogens with zero attached hydrogens (tertiary/aromatic N) is 3. The van der Waals surface area contributed by atoms with E-state index in [0.29, 0.717) is 35.9 Å². The van der Waals surface area contributed by atoms with Gasteiger partial charge in [0.25, 0.3) is 0 Å². The summed E-state index contributed by atoms with van der Waals surface area (Å²) >= 11 is 0. The van der Waals surface area contributed by atoms with Crippen molar-refractivity contribution in [2.24, 2.45) is 0 Å².